The van der Waals surface area contributed by atoms with E-state index >= 15 is 0 Å². The molecule has 0 unspecified atom stereocenters. The molecule has 2 N–H and O–H groups in total. The Morgan fingerprint density at radius 1 is 0.979 bits per heavy atom. The van der Waals surface area contributed by atoms with Gasteiger partial charge in [-0.05, 0) is 60.7 Å². The van der Waals surface area contributed by atoms with E-state index in [4.69, 9.17) is 27.9 Å². The number of morpholine rings is 1. The molecule has 2 amide bonds. The lowest BCUT2D eigenvalue weighted by Crippen LogP contribution is -2.40. The van der Waals surface area contributed by atoms with E-state index in [1.165, 1.54) is 28.6 Å². The molecular formula is C29H25Cl2F3N6O5S2. The zero-order chi connectivity index (χ0) is 33.8. The molecule has 3 aromatic carbocycles. The second-order valence-corrected chi connectivity index (χ2v) is 13.7. The van der Waals surface area contributed by atoms with Crippen molar-refractivity contribution in [3.05, 3.63) is 93.7 Å². The van der Waals surface area contributed by atoms with Crippen LogP contribution < -0.4 is 10.6 Å². The molecular weight excluding hydrogens is 704 g/mol. The van der Waals surface area contributed by atoms with Gasteiger partial charge in [0, 0.05) is 23.7 Å². The van der Waals surface area contributed by atoms with E-state index in [1.54, 1.807) is 28.8 Å². The van der Waals surface area contributed by atoms with Crippen LogP contribution in [0.5, 0.6) is 0 Å². The summed E-state index contributed by atoms with van der Waals surface area (Å²) in [6.45, 7) is 0.988. The predicted octanol–water partition coefficient (Wildman–Crippen LogP) is 5.27. The van der Waals surface area contributed by atoms with E-state index in [0.29, 0.717) is 23.9 Å². The number of nitrogens with zero attached hydrogens (tertiary/aromatic N) is 4. The standard InChI is InChI=1S/C29H25Cl2F3N6O5S2/c30-20-2-1-3-21(15-20)40-25(16-35-27(42)18-4-7-22(8-5-18)47(43,44)39-10-12-45-13-11-39)37-38-28(40)46-17-26(41)36-24-14-19(29(32,33)34)6-9-23(24)31/h1-9,14-15H,10-13,16-17H2,(H,35,42)(H,36,41). The molecule has 5 rings (SSSR count). The number of rotatable bonds is 10. The molecule has 0 aliphatic carbocycles. The smallest absolute Gasteiger partial charge is 0.379 e. The summed E-state index contributed by atoms with van der Waals surface area (Å²) in [6.07, 6.45) is -4.62. The summed E-state index contributed by atoms with van der Waals surface area (Å²) >= 11 is 13.2. The van der Waals surface area contributed by atoms with Crippen LogP contribution >= 0.6 is 35.0 Å². The number of thioether (sulfide) groups is 1. The molecule has 47 heavy (non-hydrogen) atoms. The zero-order valence-electron chi connectivity index (χ0n) is 24.1. The van der Waals surface area contributed by atoms with Crippen molar-refractivity contribution in [2.45, 2.75) is 22.8 Å². The van der Waals surface area contributed by atoms with E-state index in [2.05, 4.69) is 20.8 Å². The van der Waals surface area contributed by atoms with Crippen molar-refractivity contribution in [1.82, 2.24) is 24.4 Å². The summed E-state index contributed by atoms with van der Waals surface area (Å²) in [5.41, 5.74) is -0.433. The Balaban J connectivity index is 1.28. The summed E-state index contributed by atoms with van der Waals surface area (Å²) in [6, 6.07) is 14.8. The molecule has 1 fully saturated rings. The number of amides is 2. The molecule has 1 saturated heterocycles. The number of nitrogens with one attached hydrogen (secondary N) is 2. The fourth-order valence-electron chi connectivity index (χ4n) is 4.47. The van der Waals surface area contributed by atoms with Crippen LogP contribution in [0.1, 0.15) is 21.7 Å². The van der Waals surface area contributed by atoms with Crippen molar-refractivity contribution < 1.29 is 35.9 Å². The molecule has 0 spiro atoms. The second kappa shape index (κ2) is 14.6. The van der Waals surface area contributed by atoms with Crippen LogP contribution in [0.3, 0.4) is 0 Å². The van der Waals surface area contributed by atoms with Gasteiger partial charge in [0.25, 0.3) is 5.91 Å². The quantitative estimate of drug-likeness (QED) is 0.211. The van der Waals surface area contributed by atoms with Gasteiger partial charge in [-0.25, -0.2) is 8.42 Å². The Labute approximate surface area is 281 Å². The number of carbonyl (C=O) groups is 2. The third-order valence-corrected chi connectivity index (χ3v) is 10.2. The Morgan fingerprint density at radius 2 is 1.70 bits per heavy atom. The van der Waals surface area contributed by atoms with E-state index in [1.807, 2.05) is 0 Å². The molecule has 0 bridgehead atoms. The molecule has 0 saturated carbocycles. The molecule has 248 valence electrons. The van der Waals surface area contributed by atoms with Gasteiger partial charge in [-0.15, -0.1) is 10.2 Å². The predicted molar refractivity (Wildman–Crippen MR) is 169 cm³/mol. The van der Waals surface area contributed by atoms with Crippen LogP contribution in [0.25, 0.3) is 5.69 Å². The van der Waals surface area contributed by atoms with Crippen molar-refractivity contribution in [1.29, 1.82) is 0 Å². The minimum absolute atomic E-state index is 0.0534. The van der Waals surface area contributed by atoms with Crippen LogP contribution in [-0.2, 0) is 32.3 Å². The van der Waals surface area contributed by atoms with Crippen molar-refractivity contribution in [2.24, 2.45) is 0 Å². The number of aromatic nitrogens is 3. The number of halogens is 5. The largest absolute Gasteiger partial charge is 0.416 e. The number of anilines is 1. The van der Waals surface area contributed by atoms with Gasteiger partial charge in [0.1, 0.15) is 0 Å². The van der Waals surface area contributed by atoms with E-state index in [9.17, 15) is 31.2 Å². The summed E-state index contributed by atoms with van der Waals surface area (Å²) in [7, 11) is -3.73. The first-order valence-electron chi connectivity index (χ1n) is 13.8. The van der Waals surface area contributed by atoms with Crippen molar-refractivity contribution in [2.75, 3.05) is 37.4 Å². The number of benzene rings is 3. The molecule has 0 atom stereocenters. The lowest BCUT2D eigenvalue weighted by atomic mass is 10.2. The maximum Gasteiger partial charge on any atom is 0.416 e. The van der Waals surface area contributed by atoms with Gasteiger partial charge in [-0.1, -0.05) is 41.0 Å². The first kappa shape index (κ1) is 34.7. The fraction of sp³-hybridized carbons (Fsp3) is 0.241. The van der Waals surface area contributed by atoms with Gasteiger partial charge in [-0.2, -0.15) is 17.5 Å². The van der Waals surface area contributed by atoms with Crippen LogP contribution in [0.15, 0.2) is 76.8 Å². The Kier molecular flexibility index (Phi) is 10.8. The van der Waals surface area contributed by atoms with Gasteiger partial charge in [0.2, 0.25) is 15.9 Å². The monoisotopic (exact) mass is 728 g/mol. The van der Waals surface area contributed by atoms with Gasteiger partial charge >= 0.3 is 6.18 Å². The number of carbonyl (C=O) groups excluding carboxylic acids is 2. The minimum atomic E-state index is -4.62. The first-order valence-corrected chi connectivity index (χ1v) is 17.0. The molecule has 0 radical (unpaired) electrons. The lowest BCUT2D eigenvalue weighted by molar-refractivity contribution is -0.137. The third-order valence-electron chi connectivity index (χ3n) is 6.80. The SMILES string of the molecule is O=C(CSc1nnc(CNC(=O)c2ccc(S(=O)(=O)N3CCOCC3)cc2)n1-c1cccc(Cl)c1)Nc1cc(C(F)(F)F)ccc1Cl. The number of ether oxygens (including phenoxy) is 1. The van der Waals surface area contributed by atoms with Crippen molar-refractivity contribution >= 4 is 62.5 Å². The van der Waals surface area contributed by atoms with Crippen molar-refractivity contribution in [3.63, 3.8) is 0 Å². The second-order valence-electron chi connectivity index (χ2n) is 9.97. The average Bonchev–Trinajstić information content (AvgIpc) is 3.46. The topological polar surface area (TPSA) is 136 Å². The van der Waals surface area contributed by atoms with Crippen LogP contribution in [0.2, 0.25) is 10.0 Å². The lowest BCUT2D eigenvalue weighted by Gasteiger charge is -2.26. The average molecular weight is 730 g/mol. The molecule has 1 aliphatic heterocycles. The molecule has 1 aromatic heterocycles. The van der Waals surface area contributed by atoms with Gasteiger partial charge in [-0.3, -0.25) is 14.2 Å². The number of sulfonamides is 1. The maximum atomic E-state index is 13.1. The van der Waals surface area contributed by atoms with Gasteiger partial charge in [0.15, 0.2) is 11.0 Å². The highest BCUT2D eigenvalue weighted by molar-refractivity contribution is 7.99. The normalized spacial score (nSPS) is 14.1. The molecule has 11 nitrogen and oxygen atoms in total. The third kappa shape index (κ3) is 8.44. The Morgan fingerprint density at radius 3 is 2.38 bits per heavy atom. The Hall–Kier alpha value is -3.67. The molecule has 2 heterocycles. The summed E-state index contributed by atoms with van der Waals surface area (Å²) < 4.78 is 73.3. The highest BCUT2D eigenvalue weighted by atomic mass is 35.5. The van der Waals surface area contributed by atoms with Gasteiger partial charge < -0.3 is 15.4 Å². The number of alkyl halides is 3. The highest BCUT2D eigenvalue weighted by Gasteiger charge is 2.31. The van der Waals surface area contributed by atoms with Gasteiger partial charge in [0.05, 0.1) is 52.4 Å². The highest BCUT2D eigenvalue weighted by Crippen LogP contribution is 2.34. The molecule has 1 aliphatic rings. The fourth-order valence-corrected chi connectivity index (χ4v) is 7.00. The minimum Gasteiger partial charge on any atom is -0.379 e. The maximum absolute atomic E-state index is 13.1. The van der Waals surface area contributed by atoms with E-state index in [-0.39, 0.29) is 57.5 Å². The molecule has 18 heteroatoms. The van der Waals surface area contributed by atoms with Crippen LogP contribution in [-0.4, -0.2) is 71.4 Å². The number of hydrogen-bond donors (Lipinski definition) is 2. The van der Waals surface area contributed by atoms with Crippen molar-refractivity contribution in [3.8, 4) is 5.69 Å². The van der Waals surface area contributed by atoms with E-state index in [0.717, 1.165) is 30.0 Å². The van der Waals surface area contributed by atoms with Crippen LogP contribution in [0, 0.1) is 0 Å². The van der Waals surface area contributed by atoms with E-state index < -0.39 is 33.6 Å². The van der Waals surface area contributed by atoms with Crippen LogP contribution in [0.4, 0.5) is 18.9 Å². The summed E-state index contributed by atoms with van der Waals surface area (Å²) in [5, 5.41) is 14.0. The first-order chi connectivity index (χ1) is 22.3. The summed E-state index contributed by atoms with van der Waals surface area (Å²) in [5.74, 6) is -1.15. The zero-order valence-corrected chi connectivity index (χ0v) is 27.3. The number of hydrogen-bond acceptors (Lipinski definition) is 8. The Bertz CT molecular complexity index is 1890. The molecule has 4 aromatic rings. The summed E-state index contributed by atoms with van der Waals surface area (Å²) in [4.78, 5) is 25.7.